The van der Waals surface area contributed by atoms with E-state index < -0.39 is 0 Å². The van der Waals surface area contributed by atoms with Crippen molar-refractivity contribution in [3.05, 3.63) is 42.5 Å². The van der Waals surface area contributed by atoms with E-state index in [1.165, 1.54) is 48.6 Å². The Morgan fingerprint density at radius 1 is 0.947 bits per heavy atom. The van der Waals surface area contributed by atoms with E-state index in [1.54, 1.807) is 0 Å². The SMILES string of the molecule is CCC1CCC(Nc2ccc3ccccc3c2)CC1. The molecule has 1 fully saturated rings. The van der Waals surface area contributed by atoms with E-state index in [4.69, 9.17) is 0 Å². The molecule has 1 saturated carbocycles. The summed E-state index contributed by atoms with van der Waals surface area (Å²) in [6, 6.07) is 16.0. The number of rotatable bonds is 3. The molecule has 100 valence electrons. The summed E-state index contributed by atoms with van der Waals surface area (Å²) in [5.41, 5.74) is 1.28. The molecule has 0 aromatic heterocycles. The van der Waals surface area contributed by atoms with Gasteiger partial charge in [-0.15, -0.1) is 0 Å². The van der Waals surface area contributed by atoms with Crippen LogP contribution in [0.4, 0.5) is 5.69 Å². The summed E-state index contributed by atoms with van der Waals surface area (Å²) >= 11 is 0. The maximum absolute atomic E-state index is 3.72. The summed E-state index contributed by atoms with van der Waals surface area (Å²) in [6.45, 7) is 2.32. The summed E-state index contributed by atoms with van der Waals surface area (Å²) in [7, 11) is 0. The molecule has 2 aromatic rings. The van der Waals surface area contributed by atoms with Crippen LogP contribution < -0.4 is 5.32 Å². The first kappa shape index (κ1) is 12.5. The molecule has 3 rings (SSSR count). The van der Waals surface area contributed by atoms with Crippen LogP contribution in [0.5, 0.6) is 0 Å². The largest absolute Gasteiger partial charge is 0.382 e. The van der Waals surface area contributed by atoms with Gasteiger partial charge < -0.3 is 5.32 Å². The molecule has 0 heterocycles. The molecule has 1 nitrogen and oxygen atoms in total. The van der Waals surface area contributed by atoms with Crippen LogP contribution in [0.2, 0.25) is 0 Å². The van der Waals surface area contributed by atoms with Gasteiger partial charge in [0.2, 0.25) is 0 Å². The van der Waals surface area contributed by atoms with Gasteiger partial charge in [0, 0.05) is 11.7 Å². The maximum Gasteiger partial charge on any atom is 0.0348 e. The van der Waals surface area contributed by atoms with Gasteiger partial charge in [-0.2, -0.15) is 0 Å². The lowest BCUT2D eigenvalue weighted by Gasteiger charge is -2.29. The normalized spacial score (nSPS) is 23.4. The number of nitrogens with one attached hydrogen (secondary N) is 1. The zero-order valence-electron chi connectivity index (χ0n) is 11.7. The van der Waals surface area contributed by atoms with Gasteiger partial charge in [-0.05, 0) is 54.5 Å². The fourth-order valence-electron chi connectivity index (χ4n) is 3.23. The average Bonchev–Trinajstić information content (AvgIpc) is 2.48. The van der Waals surface area contributed by atoms with Gasteiger partial charge in [-0.25, -0.2) is 0 Å². The zero-order chi connectivity index (χ0) is 13.1. The van der Waals surface area contributed by atoms with Crippen LogP contribution in [-0.4, -0.2) is 6.04 Å². The first-order chi connectivity index (χ1) is 9.35. The first-order valence-electron chi connectivity index (χ1n) is 7.60. The molecule has 0 atom stereocenters. The molecule has 0 saturated heterocycles. The van der Waals surface area contributed by atoms with Crippen molar-refractivity contribution in [3.8, 4) is 0 Å². The van der Waals surface area contributed by atoms with Crippen LogP contribution in [0.25, 0.3) is 10.8 Å². The number of hydrogen-bond donors (Lipinski definition) is 1. The third-order valence-electron chi connectivity index (χ3n) is 4.54. The highest BCUT2D eigenvalue weighted by Crippen LogP contribution is 2.29. The van der Waals surface area contributed by atoms with Gasteiger partial charge in [-0.1, -0.05) is 43.7 Å². The Morgan fingerprint density at radius 3 is 2.42 bits per heavy atom. The predicted molar refractivity (Wildman–Crippen MR) is 83.6 cm³/mol. The molecule has 19 heavy (non-hydrogen) atoms. The van der Waals surface area contributed by atoms with E-state index >= 15 is 0 Å². The minimum atomic E-state index is 0.670. The Hall–Kier alpha value is -1.50. The van der Waals surface area contributed by atoms with Crippen molar-refractivity contribution < 1.29 is 0 Å². The number of benzene rings is 2. The highest BCUT2D eigenvalue weighted by Gasteiger charge is 2.19. The fourth-order valence-corrected chi connectivity index (χ4v) is 3.23. The molecule has 2 aromatic carbocycles. The molecule has 0 aliphatic heterocycles. The van der Waals surface area contributed by atoms with Crippen molar-refractivity contribution in [2.75, 3.05) is 5.32 Å². The molecule has 1 aliphatic carbocycles. The van der Waals surface area contributed by atoms with Crippen LogP contribution in [0.15, 0.2) is 42.5 Å². The molecule has 0 radical (unpaired) electrons. The Bertz CT molecular complexity index is 538. The topological polar surface area (TPSA) is 12.0 Å². The van der Waals surface area contributed by atoms with Crippen molar-refractivity contribution >= 4 is 16.5 Å². The van der Waals surface area contributed by atoms with Gasteiger partial charge >= 0.3 is 0 Å². The van der Waals surface area contributed by atoms with Crippen molar-refractivity contribution in [1.29, 1.82) is 0 Å². The second kappa shape index (κ2) is 5.64. The van der Waals surface area contributed by atoms with Crippen LogP contribution in [0.1, 0.15) is 39.0 Å². The molecule has 0 bridgehead atoms. The Morgan fingerprint density at radius 2 is 1.68 bits per heavy atom. The smallest absolute Gasteiger partial charge is 0.0348 e. The van der Waals surface area contributed by atoms with Gasteiger partial charge in [0.25, 0.3) is 0 Å². The maximum atomic E-state index is 3.72. The molecule has 1 aliphatic rings. The molecular formula is C18H23N. The highest BCUT2D eigenvalue weighted by molar-refractivity contribution is 5.85. The number of anilines is 1. The predicted octanol–water partition coefficient (Wildman–Crippen LogP) is 5.22. The molecule has 0 spiro atoms. The second-order valence-corrected chi connectivity index (χ2v) is 5.83. The van der Waals surface area contributed by atoms with Crippen molar-refractivity contribution in [2.24, 2.45) is 5.92 Å². The van der Waals surface area contributed by atoms with Crippen LogP contribution in [0.3, 0.4) is 0 Å². The van der Waals surface area contributed by atoms with Crippen molar-refractivity contribution in [1.82, 2.24) is 0 Å². The van der Waals surface area contributed by atoms with E-state index in [9.17, 15) is 0 Å². The summed E-state index contributed by atoms with van der Waals surface area (Å²) in [4.78, 5) is 0. The molecular weight excluding hydrogens is 230 g/mol. The molecule has 1 heteroatoms. The van der Waals surface area contributed by atoms with Gasteiger partial charge in [0.1, 0.15) is 0 Å². The first-order valence-corrected chi connectivity index (χ1v) is 7.60. The second-order valence-electron chi connectivity index (χ2n) is 5.83. The van der Waals surface area contributed by atoms with Crippen LogP contribution >= 0.6 is 0 Å². The van der Waals surface area contributed by atoms with E-state index in [0.29, 0.717) is 6.04 Å². The van der Waals surface area contributed by atoms with Gasteiger partial charge in [0.15, 0.2) is 0 Å². The highest BCUT2D eigenvalue weighted by atomic mass is 14.9. The monoisotopic (exact) mass is 253 g/mol. The summed E-state index contributed by atoms with van der Waals surface area (Å²) in [5.74, 6) is 0.967. The lowest BCUT2D eigenvalue weighted by molar-refractivity contribution is 0.330. The van der Waals surface area contributed by atoms with E-state index in [-0.39, 0.29) is 0 Å². The minimum Gasteiger partial charge on any atom is -0.382 e. The number of fused-ring (bicyclic) bond motifs is 1. The van der Waals surface area contributed by atoms with E-state index in [1.807, 2.05) is 0 Å². The van der Waals surface area contributed by atoms with Gasteiger partial charge in [0.05, 0.1) is 0 Å². The third kappa shape index (κ3) is 2.91. The lowest BCUT2D eigenvalue weighted by atomic mass is 9.84. The van der Waals surface area contributed by atoms with Crippen molar-refractivity contribution in [3.63, 3.8) is 0 Å². The summed E-state index contributed by atoms with van der Waals surface area (Å²) in [5, 5.41) is 6.37. The van der Waals surface area contributed by atoms with E-state index in [0.717, 1.165) is 5.92 Å². The average molecular weight is 253 g/mol. The zero-order valence-corrected chi connectivity index (χ0v) is 11.7. The Labute approximate surface area is 116 Å². The van der Waals surface area contributed by atoms with Gasteiger partial charge in [-0.3, -0.25) is 0 Å². The summed E-state index contributed by atoms with van der Waals surface area (Å²) < 4.78 is 0. The molecule has 1 N–H and O–H groups in total. The quantitative estimate of drug-likeness (QED) is 0.790. The third-order valence-corrected chi connectivity index (χ3v) is 4.54. The van der Waals surface area contributed by atoms with Crippen LogP contribution in [0, 0.1) is 5.92 Å². The standard InChI is InChI=1S/C18H23N/c1-2-14-7-10-17(11-8-14)19-18-12-9-15-5-3-4-6-16(15)13-18/h3-6,9,12-14,17,19H,2,7-8,10-11H2,1H3. The molecule has 0 amide bonds. The van der Waals surface area contributed by atoms with Crippen molar-refractivity contribution in [2.45, 2.75) is 45.1 Å². The van der Waals surface area contributed by atoms with Crippen LogP contribution in [-0.2, 0) is 0 Å². The summed E-state index contributed by atoms with van der Waals surface area (Å²) in [6.07, 6.45) is 6.78. The van der Waals surface area contributed by atoms with E-state index in [2.05, 4.69) is 54.7 Å². The molecule has 0 unspecified atom stereocenters. The number of hydrogen-bond acceptors (Lipinski definition) is 1. The fraction of sp³-hybridized carbons (Fsp3) is 0.444. The Kier molecular flexibility index (Phi) is 3.72. The Balaban J connectivity index is 1.68. The minimum absolute atomic E-state index is 0.670. The lowest BCUT2D eigenvalue weighted by Crippen LogP contribution is -2.25.